The van der Waals surface area contributed by atoms with E-state index in [4.69, 9.17) is 4.74 Å². The molecule has 0 saturated heterocycles. The predicted octanol–water partition coefficient (Wildman–Crippen LogP) is 0.878. The molecule has 0 bridgehead atoms. The highest BCUT2D eigenvalue weighted by Crippen LogP contribution is 2.22. The van der Waals surface area contributed by atoms with E-state index in [-0.39, 0.29) is 29.3 Å². The standard InChI is InChI=1S/C16H14N4O5S/c1-2-25-13(22)7-12-18-19-16(26-12)17-11(21)8-20-14(23)9-5-3-4-6-10(9)15(20)24/h3-6H,2,7-8H2,1H3,(H,17,19,21). The Morgan fingerprint density at radius 2 is 1.81 bits per heavy atom. The third-order valence-electron chi connectivity index (χ3n) is 3.49. The summed E-state index contributed by atoms with van der Waals surface area (Å²) in [6.45, 7) is 1.53. The van der Waals surface area contributed by atoms with Crippen molar-refractivity contribution in [1.29, 1.82) is 0 Å². The van der Waals surface area contributed by atoms with Gasteiger partial charge in [0.25, 0.3) is 11.8 Å². The van der Waals surface area contributed by atoms with Crippen molar-refractivity contribution in [2.75, 3.05) is 18.5 Å². The Balaban J connectivity index is 1.60. The highest BCUT2D eigenvalue weighted by molar-refractivity contribution is 7.15. The fraction of sp³-hybridized carbons (Fsp3) is 0.250. The minimum absolute atomic E-state index is 0.0419. The molecule has 1 aromatic carbocycles. The zero-order valence-corrected chi connectivity index (χ0v) is 14.5. The van der Waals surface area contributed by atoms with Gasteiger partial charge >= 0.3 is 5.97 Å². The molecule has 26 heavy (non-hydrogen) atoms. The lowest BCUT2D eigenvalue weighted by atomic mass is 10.1. The number of imide groups is 1. The fourth-order valence-corrected chi connectivity index (χ4v) is 3.14. The van der Waals surface area contributed by atoms with Crippen LogP contribution in [0.2, 0.25) is 0 Å². The number of amides is 3. The van der Waals surface area contributed by atoms with E-state index in [1.807, 2.05) is 0 Å². The first-order valence-corrected chi connectivity index (χ1v) is 8.54. The lowest BCUT2D eigenvalue weighted by molar-refractivity contribution is -0.142. The van der Waals surface area contributed by atoms with E-state index in [2.05, 4.69) is 15.5 Å². The molecule has 0 saturated carbocycles. The van der Waals surface area contributed by atoms with E-state index in [1.54, 1.807) is 31.2 Å². The average Bonchev–Trinajstić information content (AvgIpc) is 3.13. The van der Waals surface area contributed by atoms with Crippen molar-refractivity contribution in [3.8, 4) is 0 Å². The van der Waals surface area contributed by atoms with Crippen molar-refractivity contribution in [2.24, 2.45) is 0 Å². The van der Waals surface area contributed by atoms with E-state index < -0.39 is 30.2 Å². The van der Waals surface area contributed by atoms with Gasteiger partial charge in [0.2, 0.25) is 11.0 Å². The molecule has 1 aliphatic rings. The molecular weight excluding hydrogens is 360 g/mol. The second-order valence-corrected chi connectivity index (χ2v) is 6.34. The van der Waals surface area contributed by atoms with Crippen molar-refractivity contribution in [3.63, 3.8) is 0 Å². The Bertz CT molecular complexity index is 859. The SMILES string of the molecule is CCOC(=O)Cc1nnc(NC(=O)CN2C(=O)c3ccccc3C2=O)s1. The zero-order chi connectivity index (χ0) is 18.7. The van der Waals surface area contributed by atoms with Crippen molar-refractivity contribution in [1.82, 2.24) is 15.1 Å². The van der Waals surface area contributed by atoms with Gasteiger partial charge < -0.3 is 4.74 Å². The average molecular weight is 374 g/mol. The third-order valence-corrected chi connectivity index (χ3v) is 4.33. The normalized spacial score (nSPS) is 12.9. The fourth-order valence-electron chi connectivity index (χ4n) is 2.40. The summed E-state index contributed by atoms with van der Waals surface area (Å²) in [5, 5.41) is 10.6. The molecule has 3 rings (SSSR count). The van der Waals surface area contributed by atoms with Crippen LogP contribution in [0.1, 0.15) is 32.6 Å². The van der Waals surface area contributed by atoms with Crippen molar-refractivity contribution in [2.45, 2.75) is 13.3 Å². The number of benzene rings is 1. The minimum Gasteiger partial charge on any atom is -0.466 e. The number of carbonyl (C=O) groups is 4. The van der Waals surface area contributed by atoms with Crippen LogP contribution in [-0.4, -0.2) is 51.9 Å². The van der Waals surface area contributed by atoms with Gasteiger partial charge in [-0.15, -0.1) is 10.2 Å². The van der Waals surface area contributed by atoms with E-state index in [0.29, 0.717) is 5.01 Å². The molecule has 1 aromatic heterocycles. The number of nitrogens with one attached hydrogen (secondary N) is 1. The third kappa shape index (κ3) is 3.59. The molecule has 0 fully saturated rings. The largest absolute Gasteiger partial charge is 0.466 e. The molecule has 0 spiro atoms. The number of ether oxygens (including phenoxy) is 1. The molecule has 1 N–H and O–H groups in total. The molecule has 0 radical (unpaired) electrons. The van der Waals surface area contributed by atoms with Crippen LogP contribution in [0.3, 0.4) is 0 Å². The molecule has 1 aliphatic heterocycles. The number of aromatic nitrogens is 2. The molecule has 0 aliphatic carbocycles. The van der Waals surface area contributed by atoms with E-state index in [0.717, 1.165) is 16.2 Å². The highest BCUT2D eigenvalue weighted by Gasteiger charge is 2.36. The Labute approximate surface area is 152 Å². The molecule has 2 aromatic rings. The van der Waals surface area contributed by atoms with Gasteiger partial charge in [0.15, 0.2) is 0 Å². The quantitative estimate of drug-likeness (QED) is 0.589. The summed E-state index contributed by atoms with van der Waals surface area (Å²) >= 11 is 1.02. The van der Waals surface area contributed by atoms with E-state index >= 15 is 0 Å². The number of fused-ring (bicyclic) bond motifs is 1. The van der Waals surface area contributed by atoms with Crippen LogP contribution >= 0.6 is 11.3 Å². The lowest BCUT2D eigenvalue weighted by Gasteiger charge is -2.12. The van der Waals surface area contributed by atoms with Crippen LogP contribution in [0.15, 0.2) is 24.3 Å². The molecule has 9 nitrogen and oxygen atoms in total. The zero-order valence-electron chi connectivity index (χ0n) is 13.7. The Kier molecular flexibility index (Phi) is 5.03. The first kappa shape index (κ1) is 17.7. The number of rotatable bonds is 6. The molecular formula is C16H14N4O5S. The number of hydrogen-bond donors (Lipinski definition) is 1. The van der Waals surface area contributed by atoms with Gasteiger partial charge in [0.1, 0.15) is 11.6 Å². The van der Waals surface area contributed by atoms with Crippen LogP contribution < -0.4 is 5.32 Å². The summed E-state index contributed by atoms with van der Waals surface area (Å²) < 4.78 is 4.81. The van der Waals surface area contributed by atoms with Gasteiger partial charge in [-0.1, -0.05) is 23.5 Å². The highest BCUT2D eigenvalue weighted by atomic mass is 32.1. The summed E-state index contributed by atoms with van der Waals surface area (Å²) in [5.74, 6) is -2.05. The van der Waals surface area contributed by atoms with Gasteiger partial charge in [-0.25, -0.2) is 0 Å². The second-order valence-electron chi connectivity index (χ2n) is 5.27. The summed E-state index contributed by atoms with van der Waals surface area (Å²) in [5.41, 5.74) is 0.552. The van der Waals surface area contributed by atoms with Gasteiger partial charge in [-0.3, -0.25) is 29.4 Å². The first-order chi connectivity index (χ1) is 12.5. The minimum atomic E-state index is -0.585. The van der Waals surface area contributed by atoms with Crippen LogP contribution in [-0.2, 0) is 20.7 Å². The summed E-state index contributed by atoms with van der Waals surface area (Å²) in [6.07, 6.45) is -0.0419. The van der Waals surface area contributed by atoms with Gasteiger partial charge in [-0.2, -0.15) is 0 Å². The second kappa shape index (κ2) is 7.40. The molecule has 0 unspecified atom stereocenters. The maximum atomic E-state index is 12.2. The van der Waals surface area contributed by atoms with E-state index in [9.17, 15) is 19.2 Å². The number of hydrogen-bond acceptors (Lipinski definition) is 8. The number of carbonyl (C=O) groups excluding carboxylic acids is 4. The molecule has 134 valence electrons. The van der Waals surface area contributed by atoms with Crippen LogP contribution in [0.25, 0.3) is 0 Å². The smallest absolute Gasteiger partial charge is 0.312 e. The van der Waals surface area contributed by atoms with Crippen LogP contribution in [0, 0.1) is 0 Å². The Hall–Kier alpha value is -3.14. The van der Waals surface area contributed by atoms with Crippen LogP contribution in [0.5, 0.6) is 0 Å². The van der Waals surface area contributed by atoms with Crippen LogP contribution in [0.4, 0.5) is 5.13 Å². The molecule has 2 heterocycles. The summed E-state index contributed by atoms with van der Waals surface area (Å²) in [4.78, 5) is 48.9. The number of anilines is 1. The number of nitrogens with zero attached hydrogens (tertiary/aromatic N) is 3. The maximum Gasteiger partial charge on any atom is 0.312 e. The summed E-state index contributed by atoms with van der Waals surface area (Å²) in [7, 11) is 0. The van der Waals surface area contributed by atoms with Crippen molar-refractivity contribution in [3.05, 3.63) is 40.4 Å². The molecule has 10 heteroatoms. The van der Waals surface area contributed by atoms with Gasteiger partial charge in [-0.05, 0) is 19.1 Å². The monoisotopic (exact) mass is 374 g/mol. The topological polar surface area (TPSA) is 119 Å². The lowest BCUT2D eigenvalue weighted by Crippen LogP contribution is -2.37. The maximum absolute atomic E-state index is 12.2. The van der Waals surface area contributed by atoms with Crippen molar-refractivity contribution < 1.29 is 23.9 Å². The van der Waals surface area contributed by atoms with E-state index in [1.165, 1.54) is 0 Å². The summed E-state index contributed by atoms with van der Waals surface area (Å²) in [6, 6.07) is 6.39. The van der Waals surface area contributed by atoms with Gasteiger partial charge in [0.05, 0.1) is 24.2 Å². The first-order valence-electron chi connectivity index (χ1n) is 7.72. The number of esters is 1. The molecule has 3 amide bonds. The van der Waals surface area contributed by atoms with Crippen molar-refractivity contribution >= 4 is 40.2 Å². The Morgan fingerprint density at radius 3 is 2.42 bits per heavy atom. The molecule has 0 atom stereocenters. The predicted molar refractivity (Wildman–Crippen MR) is 90.7 cm³/mol. The van der Waals surface area contributed by atoms with Gasteiger partial charge in [0, 0.05) is 0 Å². The Morgan fingerprint density at radius 1 is 1.15 bits per heavy atom.